The minimum atomic E-state index is -3.78. The molecule has 2 unspecified atom stereocenters. The molecule has 2 fully saturated rings. The molecule has 1 aromatic rings. The zero-order valence-corrected chi connectivity index (χ0v) is 11.9. The molecule has 0 radical (unpaired) electrons. The Labute approximate surface area is 118 Å². The molecule has 110 valence electrons. The molecule has 2 heterocycles. The van der Waals surface area contributed by atoms with E-state index in [1.807, 2.05) is 0 Å². The van der Waals surface area contributed by atoms with Gasteiger partial charge in [-0.2, -0.15) is 0 Å². The SMILES string of the molecule is Nc1ccc(F)cc1S(=O)(=O)NC1CCN2CCCC12. The van der Waals surface area contributed by atoms with E-state index in [4.69, 9.17) is 5.73 Å². The largest absolute Gasteiger partial charge is 0.398 e. The van der Waals surface area contributed by atoms with Gasteiger partial charge in [0.15, 0.2) is 0 Å². The number of benzene rings is 1. The van der Waals surface area contributed by atoms with Crippen LogP contribution >= 0.6 is 0 Å². The van der Waals surface area contributed by atoms with E-state index >= 15 is 0 Å². The summed E-state index contributed by atoms with van der Waals surface area (Å²) in [6.45, 7) is 1.95. The van der Waals surface area contributed by atoms with Crippen LogP contribution in [0.15, 0.2) is 23.1 Å². The van der Waals surface area contributed by atoms with Crippen molar-refractivity contribution >= 4 is 15.7 Å². The van der Waals surface area contributed by atoms with Gasteiger partial charge in [-0.3, -0.25) is 4.90 Å². The topological polar surface area (TPSA) is 75.4 Å². The zero-order chi connectivity index (χ0) is 14.3. The fourth-order valence-electron chi connectivity index (χ4n) is 3.22. The van der Waals surface area contributed by atoms with Gasteiger partial charge >= 0.3 is 0 Å². The van der Waals surface area contributed by atoms with E-state index < -0.39 is 15.8 Å². The summed E-state index contributed by atoms with van der Waals surface area (Å²) in [6, 6.07) is 3.56. The summed E-state index contributed by atoms with van der Waals surface area (Å²) >= 11 is 0. The molecule has 2 aliphatic heterocycles. The highest BCUT2D eigenvalue weighted by molar-refractivity contribution is 7.89. The first-order valence-corrected chi connectivity index (χ1v) is 8.27. The van der Waals surface area contributed by atoms with E-state index in [9.17, 15) is 12.8 Å². The van der Waals surface area contributed by atoms with E-state index in [1.54, 1.807) is 0 Å². The number of halogens is 1. The molecule has 20 heavy (non-hydrogen) atoms. The van der Waals surface area contributed by atoms with Gasteiger partial charge < -0.3 is 5.73 Å². The van der Waals surface area contributed by atoms with E-state index in [-0.39, 0.29) is 22.7 Å². The van der Waals surface area contributed by atoms with Crippen LogP contribution in [0.5, 0.6) is 0 Å². The maximum Gasteiger partial charge on any atom is 0.243 e. The molecule has 5 nitrogen and oxygen atoms in total. The van der Waals surface area contributed by atoms with Crippen molar-refractivity contribution in [1.29, 1.82) is 0 Å². The Kier molecular flexibility index (Phi) is 3.43. The van der Waals surface area contributed by atoms with Crippen LogP contribution in [0.2, 0.25) is 0 Å². The third kappa shape index (κ3) is 2.41. The van der Waals surface area contributed by atoms with Crippen LogP contribution in [-0.4, -0.2) is 38.5 Å². The van der Waals surface area contributed by atoms with Crippen molar-refractivity contribution < 1.29 is 12.8 Å². The molecule has 0 bridgehead atoms. The third-order valence-electron chi connectivity index (χ3n) is 4.18. The van der Waals surface area contributed by atoms with Crippen molar-refractivity contribution in [3.8, 4) is 0 Å². The molecule has 2 atom stereocenters. The smallest absolute Gasteiger partial charge is 0.243 e. The van der Waals surface area contributed by atoms with Crippen LogP contribution in [-0.2, 0) is 10.0 Å². The molecule has 0 aromatic heterocycles. The quantitative estimate of drug-likeness (QED) is 0.814. The lowest BCUT2D eigenvalue weighted by Gasteiger charge is -2.21. The minimum Gasteiger partial charge on any atom is -0.398 e. The number of hydrogen-bond donors (Lipinski definition) is 2. The van der Waals surface area contributed by atoms with Crippen molar-refractivity contribution in [3.05, 3.63) is 24.0 Å². The minimum absolute atomic E-state index is 0.0696. The predicted molar refractivity (Wildman–Crippen MR) is 74.1 cm³/mol. The number of nitrogens with two attached hydrogens (primary N) is 1. The summed E-state index contributed by atoms with van der Waals surface area (Å²) in [7, 11) is -3.78. The van der Waals surface area contributed by atoms with Gasteiger partial charge in [-0.1, -0.05) is 0 Å². The molecule has 7 heteroatoms. The first-order chi connectivity index (χ1) is 9.47. The number of sulfonamides is 1. The zero-order valence-electron chi connectivity index (χ0n) is 11.0. The van der Waals surface area contributed by atoms with Crippen LogP contribution in [0, 0.1) is 5.82 Å². The molecule has 0 amide bonds. The summed E-state index contributed by atoms with van der Waals surface area (Å²) < 4.78 is 40.7. The summed E-state index contributed by atoms with van der Waals surface area (Å²) in [6.07, 6.45) is 2.90. The van der Waals surface area contributed by atoms with Gasteiger partial charge in [0.25, 0.3) is 0 Å². The normalized spacial score (nSPS) is 26.9. The first kappa shape index (κ1) is 13.8. The second kappa shape index (κ2) is 4.98. The Balaban J connectivity index is 1.84. The van der Waals surface area contributed by atoms with E-state index in [2.05, 4.69) is 9.62 Å². The fourth-order valence-corrected chi connectivity index (χ4v) is 4.67. The highest BCUT2D eigenvalue weighted by atomic mass is 32.2. The van der Waals surface area contributed by atoms with Crippen molar-refractivity contribution in [2.24, 2.45) is 0 Å². The van der Waals surface area contributed by atoms with Gasteiger partial charge in [0.1, 0.15) is 10.7 Å². The molecular weight excluding hydrogens is 281 g/mol. The highest BCUT2D eigenvalue weighted by Crippen LogP contribution is 2.29. The second-order valence-electron chi connectivity index (χ2n) is 5.44. The second-order valence-corrected chi connectivity index (χ2v) is 7.13. The first-order valence-electron chi connectivity index (χ1n) is 6.79. The average Bonchev–Trinajstić information content (AvgIpc) is 2.97. The third-order valence-corrected chi connectivity index (χ3v) is 5.72. The maximum absolute atomic E-state index is 13.2. The molecule has 2 saturated heterocycles. The predicted octanol–water partition coefficient (Wildman–Crippen LogP) is 0.923. The summed E-state index contributed by atoms with van der Waals surface area (Å²) in [4.78, 5) is 2.14. The summed E-state index contributed by atoms with van der Waals surface area (Å²) in [5, 5.41) is 0. The summed E-state index contributed by atoms with van der Waals surface area (Å²) in [5.74, 6) is -0.603. The Morgan fingerprint density at radius 2 is 2.10 bits per heavy atom. The molecule has 3 N–H and O–H groups in total. The number of nitrogens with zero attached hydrogens (tertiary/aromatic N) is 1. The van der Waals surface area contributed by atoms with Gasteiger partial charge in [0.05, 0.1) is 5.69 Å². The molecule has 0 spiro atoms. The van der Waals surface area contributed by atoms with Crippen LogP contribution in [0.25, 0.3) is 0 Å². The number of rotatable bonds is 3. The van der Waals surface area contributed by atoms with Gasteiger partial charge in [0.2, 0.25) is 10.0 Å². The lowest BCUT2D eigenvalue weighted by molar-refractivity contribution is 0.309. The Bertz CT molecular complexity index is 620. The van der Waals surface area contributed by atoms with Gasteiger partial charge in [-0.15, -0.1) is 0 Å². The molecule has 3 rings (SSSR count). The van der Waals surface area contributed by atoms with Gasteiger partial charge in [-0.25, -0.2) is 17.5 Å². The number of nitrogen functional groups attached to an aromatic ring is 1. The number of fused-ring (bicyclic) bond motifs is 1. The van der Waals surface area contributed by atoms with E-state index in [1.165, 1.54) is 6.07 Å². The average molecular weight is 299 g/mol. The number of nitrogens with one attached hydrogen (secondary N) is 1. The van der Waals surface area contributed by atoms with Gasteiger partial charge in [-0.05, 0) is 44.0 Å². The number of anilines is 1. The van der Waals surface area contributed by atoms with Crippen LogP contribution in [0.1, 0.15) is 19.3 Å². The monoisotopic (exact) mass is 299 g/mol. The molecular formula is C13H18FN3O2S. The molecule has 0 saturated carbocycles. The summed E-state index contributed by atoms with van der Waals surface area (Å²) in [5.41, 5.74) is 5.73. The molecule has 1 aromatic carbocycles. The van der Waals surface area contributed by atoms with Gasteiger partial charge in [0, 0.05) is 18.6 Å². The Morgan fingerprint density at radius 3 is 2.90 bits per heavy atom. The molecule has 0 aliphatic carbocycles. The number of hydrogen-bond acceptors (Lipinski definition) is 4. The standard InChI is InChI=1S/C13H18FN3O2S/c14-9-3-4-10(15)13(8-9)20(18,19)16-11-5-7-17-6-1-2-12(11)17/h3-4,8,11-12,16H,1-2,5-7,15H2. The van der Waals surface area contributed by atoms with Crippen molar-refractivity contribution in [2.75, 3.05) is 18.8 Å². The lowest BCUT2D eigenvalue weighted by atomic mass is 10.1. The van der Waals surface area contributed by atoms with Crippen molar-refractivity contribution in [3.63, 3.8) is 0 Å². The van der Waals surface area contributed by atoms with Crippen molar-refractivity contribution in [1.82, 2.24) is 9.62 Å². The van der Waals surface area contributed by atoms with Crippen LogP contribution < -0.4 is 10.5 Å². The fraction of sp³-hybridized carbons (Fsp3) is 0.538. The van der Waals surface area contributed by atoms with Crippen molar-refractivity contribution in [2.45, 2.75) is 36.2 Å². The van der Waals surface area contributed by atoms with E-state index in [0.29, 0.717) is 0 Å². The van der Waals surface area contributed by atoms with Crippen LogP contribution in [0.3, 0.4) is 0 Å². The van der Waals surface area contributed by atoms with E-state index in [0.717, 1.165) is 44.5 Å². The molecule has 2 aliphatic rings. The lowest BCUT2D eigenvalue weighted by Crippen LogP contribution is -2.42. The van der Waals surface area contributed by atoms with Crippen LogP contribution in [0.4, 0.5) is 10.1 Å². The highest BCUT2D eigenvalue weighted by Gasteiger charge is 2.39. The Hall–Kier alpha value is -1.18. The maximum atomic E-state index is 13.2. The Morgan fingerprint density at radius 1 is 1.30 bits per heavy atom.